The zero-order valence-electron chi connectivity index (χ0n) is 16.1. The molecule has 1 saturated carbocycles. The van der Waals surface area contributed by atoms with Gasteiger partial charge in [-0.25, -0.2) is 4.98 Å². The zero-order chi connectivity index (χ0) is 19.8. The second-order valence-electron chi connectivity index (χ2n) is 7.05. The lowest BCUT2D eigenvalue weighted by Gasteiger charge is -2.10. The Morgan fingerprint density at radius 3 is 2.83 bits per heavy atom. The number of rotatable bonds is 6. The molecule has 1 aliphatic carbocycles. The van der Waals surface area contributed by atoms with Gasteiger partial charge in [0.25, 0.3) is 0 Å². The molecule has 7 nitrogen and oxygen atoms in total. The summed E-state index contributed by atoms with van der Waals surface area (Å²) < 4.78 is 11.4. The van der Waals surface area contributed by atoms with E-state index >= 15 is 0 Å². The predicted molar refractivity (Wildman–Crippen MR) is 110 cm³/mol. The van der Waals surface area contributed by atoms with Gasteiger partial charge in [-0.1, -0.05) is 11.3 Å². The first-order valence-electron chi connectivity index (χ1n) is 9.40. The molecule has 0 unspecified atom stereocenters. The van der Waals surface area contributed by atoms with Gasteiger partial charge in [-0.05, 0) is 43.7 Å². The molecular formula is C21H19N5O2S. The second kappa shape index (κ2) is 7.36. The summed E-state index contributed by atoms with van der Waals surface area (Å²) in [5.41, 5.74) is 3.53. The number of hydrogen-bond donors (Lipinski definition) is 0. The topological polar surface area (TPSA) is 82.9 Å². The van der Waals surface area contributed by atoms with Gasteiger partial charge < -0.3 is 9.47 Å². The van der Waals surface area contributed by atoms with Crippen molar-refractivity contribution in [2.45, 2.75) is 19.3 Å². The van der Waals surface area contributed by atoms with Crippen LogP contribution >= 0.6 is 11.3 Å². The molecule has 0 amide bonds. The molecule has 0 radical (unpaired) electrons. The normalized spacial score (nSPS) is 18.0. The van der Waals surface area contributed by atoms with E-state index in [4.69, 9.17) is 14.5 Å². The van der Waals surface area contributed by atoms with Crippen molar-refractivity contribution in [3.05, 3.63) is 53.4 Å². The Balaban J connectivity index is 1.37. The third-order valence-corrected chi connectivity index (χ3v) is 5.91. The Morgan fingerprint density at radius 2 is 2.07 bits per heavy atom. The standard InChI is InChI=1S/C21H19N5O2S/c1-12-25-26-21(29-12)16-9-19-18(4-3-7-22-19)24-20(16)28-11-13-8-15(13)17-6-5-14(27-2)10-23-17/h3-7,9-10,13,15H,8,11H2,1-2H3/t13-,15+/m1/s1. The van der Waals surface area contributed by atoms with Gasteiger partial charge in [-0.15, -0.1) is 10.2 Å². The SMILES string of the molecule is COc1ccc([C@H]2C[C@@H]2COc2nc3cccnc3cc2-c2nnc(C)s2)nc1. The highest BCUT2D eigenvalue weighted by Crippen LogP contribution is 2.47. The maximum atomic E-state index is 6.18. The van der Waals surface area contributed by atoms with Crippen LogP contribution in [-0.4, -0.2) is 38.9 Å². The molecule has 0 bridgehead atoms. The molecule has 0 spiro atoms. The summed E-state index contributed by atoms with van der Waals surface area (Å²) in [5, 5.41) is 10.1. The number of aromatic nitrogens is 5. The van der Waals surface area contributed by atoms with E-state index in [0.717, 1.165) is 44.5 Å². The quantitative estimate of drug-likeness (QED) is 0.479. The van der Waals surface area contributed by atoms with E-state index < -0.39 is 0 Å². The summed E-state index contributed by atoms with van der Waals surface area (Å²) in [4.78, 5) is 13.6. The molecule has 29 heavy (non-hydrogen) atoms. The highest BCUT2D eigenvalue weighted by molar-refractivity contribution is 7.14. The Bertz CT molecular complexity index is 1160. The molecular weight excluding hydrogens is 386 g/mol. The van der Waals surface area contributed by atoms with Crippen LogP contribution in [0, 0.1) is 12.8 Å². The number of pyridine rings is 3. The van der Waals surface area contributed by atoms with Crippen molar-refractivity contribution in [1.29, 1.82) is 0 Å². The molecule has 4 aromatic heterocycles. The fourth-order valence-electron chi connectivity index (χ4n) is 3.36. The Morgan fingerprint density at radius 1 is 1.14 bits per heavy atom. The van der Waals surface area contributed by atoms with Gasteiger partial charge in [0.05, 0.1) is 36.5 Å². The van der Waals surface area contributed by atoms with Gasteiger partial charge in [0, 0.05) is 23.7 Å². The van der Waals surface area contributed by atoms with Crippen molar-refractivity contribution in [2.75, 3.05) is 13.7 Å². The predicted octanol–water partition coefficient (Wildman–Crippen LogP) is 4.04. The molecule has 4 heterocycles. The molecule has 0 aromatic carbocycles. The summed E-state index contributed by atoms with van der Waals surface area (Å²) in [6, 6.07) is 9.77. The Labute approximate surface area is 171 Å². The Kier molecular flexibility index (Phi) is 4.55. The van der Waals surface area contributed by atoms with Gasteiger partial charge in [0.2, 0.25) is 5.88 Å². The zero-order valence-corrected chi connectivity index (χ0v) is 16.9. The van der Waals surface area contributed by atoms with Crippen molar-refractivity contribution in [1.82, 2.24) is 25.1 Å². The highest BCUT2D eigenvalue weighted by Gasteiger charge is 2.40. The summed E-state index contributed by atoms with van der Waals surface area (Å²) >= 11 is 1.52. The molecule has 0 aliphatic heterocycles. The van der Waals surface area contributed by atoms with Crippen LogP contribution in [0.15, 0.2) is 42.7 Å². The monoisotopic (exact) mass is 405 g/mol. The number of nitrogens with zero attached hydrogens (tertiary/aromatic N) is 5. The first-order valence-corrected chi connectivity index (χ1v) is 10.2. The largest absolute Gasteiger partial charge is 0.495 e. The van der Waals surface area contributed by atoms with Gasteiger partial charge in [-0.2, -0.15) is 0 Å². The van der Waals surface area contributed by atoms with Crippen LogP contribution in [0.3, 0.4) is 0 Å². The second-order valence-corrected chi connectivity index (χ2v) is 8.23. The molecule has 8 heteroatoms. The van der Waals surface area contributed by atoms with Crippen LogP contribution in [-0.2, 0) is 0 Å². The summed E-state index contributed by atoms with van der Waals surface area (Å²) in [5.74, 6) is 2.18. The maximum absolute atomic E-state index is 6.18. The molecule has 2 atom stereocenters. The summed E-state index contributed by atoms with van der Waals surface area (Å²) in [6.07, 6.45) is 4.58. The number of fused-ring (bicyclic) bond motifs is 1. The van der Waals surface area contributed by atoms with Crippen molar-refractivity contribution in [2.24, 2.45) is 5.92 Å². The van der Waals surface area contributed by atoms with E-state index in [2.05, 4.69) is 20.2 Å². The summed E-state index contributed by atoms with van der Waals surface area (Å²) in [7, 11) is 1.65. The van der Waals surface area contributed by atoms with E-state index in [0.29, 0.717) is 24.3 Å². The maximum Gasteiger partial charge on any atom is 0.224 e. The van der Waals surface area contributed by atoms with Crippen LogP contribution < -0.4 is 9.47 Å². The van der Waals surface area contributed by atoms with E-state index in [1.54, 1.807) is 19.5 Å². The number of ether oxygens (including phenoxy) is 2. The van der Waals surface area contributed by atoms with E-state index in [1.807, 2.05) is 37.3 Å². The van der Waals surface area contributed by atoms with Crippen molar-refractivity contribution >= 4 is 22.4 Å². The van der Waals surface area contributed by atoms with Crippen LogP contribution in [0.5, 0.6) is 11.6 Å². The molecule has 1 fully saturated rings. The Hall–Kier alpha value is -3.13. The first-order chi connectivity index (χ1) is 14.2. The average molecular weight is 405 g/mol. The minimum absolute atomic E-state index is 0.412. The van der Waals surface area contributed by atoms with Gasteiger partial charge >= 0.3 is 0 Å². The molecule has 1 aliphatic rings. The molecule has 4 aromatic rings. The van der Waals surface area contributed by atoms with Gasteiger partial charge in [-0.3, -0.25) is 9.97 Å². The number of aryl methyl sites for hydroxylation is 1. The smallest absolute Gasteiger partial charge is 0.224 e. The van der Waals surface area contributed by atoms with Crippen LogP contribution in [0.2, 0.25) is 0 Å². The minimum Gasteiger partial charge on any atom is -0.495 e. The molecule has 5 rings (SSSR count). The van der Waals surface area contributed by atoms with Crippen LogP contribution in [0.25, 0.3) is 21.6 Å². The highest BCUT2D eigenvalue weighted by atomic mass is 32.1. The van der Waals surface area contributed by atoms with E-state index in [9.17, 15) is 0 Å². The van der Waals surface area contributed by atoms with E-state index in [-0.39, 0.29) is 0 Å². The average Bonchev–Trinajstić information content (AvgIpc) is 3.42. The van der Waals surface area contributed by atoms with Crippen molar-refractivity contribution in [3.63, 3.8) is 0 Å². The first kappa shape index (κ1) is 17.9. The fourth-order valence-corrected chi connectivity index (χ4v) is 4.06. The van der Waals surface area contributed by atoms with E-state index in [1.165, 1.54) is 11.3 Å². The number of methoxy groups -OCH3 is 1. The molecule has 146 valence electrons. The lowest BCUT2D eigenvalue weighted by molar-refractivity contribution is 0.288. The number of hydrogen-bond acceptors (Lipinski definition) is 8. The van der Waals surface area contributed by atoms with Gasteiger partial charge in [0.1, 0.15) is 10.8 Å². The van der Waals surface area contributed by atoms with Crippen LogP contribution in [0.4, 0.5) is 0 Å². The molecule has 0 N–H and O–H groups in total. The van der Waals surface area contributed by atoms with Crippen LogP contribution in [0.1, 0.15) is 23.0 Å². The third kappa shape index (κ3) is 3.63. The lowest BCUT2D eigenvalue weighted by atomic mass is 10.2. The van der Waals surface area contributed by atoms with Gasteiger partial charge in [0.15, 0.2) is 5.01 Å². The fraction of sp³-hybridized carbons (Fsp3) is 0.286. The lowest BCUT2D eigenvalue weighted by Crippen LogP contribution is -2.04. The van der Waals surface area contributed by atoms with Crippen molar-refractivity contribution < 1.29 is 9.47 Å². The third-order valence-electron chi connectivity index (χ3n) is 5.04. The van der Waals surface area contributed by atoms with Crippen molar-refractivity contribution in [3.8, 4) is 22.2 Å². The minimum atomic E-state index is 0.412. The summed E-state index contributed by atoms with van der Waals surface area (Å²) in [6.45, 7) is 2.52. The molecule has 0 saturated heterocycles.